The van der Waals surface area contributed by atoms with Gasteiger partial charge < -0.3 is 10.1 Å². The van der Waals surface area contributed by atoms with Gasteiger partial charge in [-0.15, -0.1) is 0 Å². The van der Waals surface area contributed by atoms with Gasteiger partial charge in [-0.25, -0.2) is 4.98 Å². The fraction of sp³-hybridized carbons (Fsp3) is 0.143. The Bertz CT molecular complexity index is 681. The van der Waals surface area contributed by atoms with Crippen molar-refractivity contribution in [3.05, 3.63) is 48.3 Å². The van der Waals surface area contributed by atoms with Gasteiger partial charge in [0.2, 0.25) is 0 Å². The zero-order valence-electron chi connectivity index (χ0n) is 10.5. The highest BCUT2D eigenvalue weighted by atomic mass is 32.1. The molecular weight excluding hydrogens is 258 g/mol. The SMILES string of the molecule is COc1ccc2sc(NCc3cccnc3)nc2c1. The number of thiazole rings is 1. The topological polar surface area (TPSA) is 47.0 Å². The first-order chi connectivity index (χ1) is 9.35. The Balaban J connectivity index is 1.78. The van der Waals surface area contributed by atoms with Crippen LogP contribution in [0.2, 0.25) is 0 Å². The first kappa shape index (κ1) is 11.9. The number of nitrogens with zero attached hydrogens (tertiary/aromatic N) is 2. The van der Waals surface area contributed by atoms with Gasteiger partial charge in [0.05, 0.1) is 17.3 Å². The number of hydrogen-bond donors (Lipinski definition) is 1. The van der Waals surface area contributed by atoms with E-state index in [-0.39, 0.29) is 0 Å². The predicted octanol–water partition coefficient (Wildman–Crippen LogP) is 3.31. The van der Waals surface area contributed by atoms with E-state index in [1.165, 1.54) is 0 Å². The van der Waals surface area contributed by atoms with Crippen LogP contribution in [0.3, 0.4) is 0 Å². The molecule has 0 saturated carbocycles. The average molecular weight is 271 g/mol. The minimum absolute atomic E-state index is 0.727. The van der Waals surface area contributed by atoms with Crippen molar-refractivity contribution in [2.45, 2.75) is 6.54 Å². The smallest absolute Gasteiger partial charge is 0.184 e. The molecule has 0 saturated heterocycles. The van der Waals surface area contributed by atoms with Crippen molar-refractivity contribution in [1.29, 1.82) is 0 Å². The second-order valence-electron chi connectivity index (χ2n) is 4.07. The summed E-state index contributed by atoms with van der Waals surface area (Å²) in [5.41, 5.74) is 2.09. The molecule has 0 atom stereocenters. The van der Waals surface area contributed by atoms with Gasteiger partial charge in [0, 0.05) is 25.0 Å². The van der Waals surface area contributed by atoms with Gasteiger partial charge in [-0.2, -0.15) is 0 Å². The maximum absolute atomic E-state index is 5.20. The summed E-state index contributed by atoms with van der Waals surface area (Å²) in [7, 11) is 1.66. The van der Waals surface area contributed by atoms with Crippen molar-refractivity contribution in [2.75, 3.05) is 12.4 Å². The van der Waals surface area contributed by atoms with Gasteiger partial charge in [0.25, 0.3) is 0 Å². The van der Waals surface area contributed by atoms with Crippen LogP contribution < -0.4 is 10.1 Å². The number of ether oxygens (including phenoxy) is 1. The van der Waals surface area contributed by atoms with Gasteiger partial charge in [-0.05, 0) is 23.8 Å². The van der Waals surface area contributed by atoms with Gasteiger partial charge in [-0.3, -0.25) is 4.98 Å². The molecular formula is C14H13N3OS. The summed E-state index contributed by atoms with van der Waals surface area (Å²) in [5.74, 6) is 0.830. The molecule has 3 rings (SSSR count). The van der Waals surface area contributed by atoms with E-state index < -0.39 is 0 Å². The molecule has 3 aromatic rings. The average Bonchev–Trinajstić information content (AvgIpc) is 2.88. The zero-order chi connectivity index (χ0) is 13.1. The lowest BCUT2D eigenvalue weighted by Gasteiger charge is -2.00. The second kappa shape index (κ2) is 5.24. The zero-order valence-corrected chi connectivity index (χ0v) is 11.3. The van der Waals surface area contributed by atoms with Crippen LogP contribution in [0.4, 0.5) is 5.13 Å². The van der Waals surface area contributed by atoms with Crippen LogP contribution in [0.15, 0.2) is 42.7 Å². The number of methoxy groups -OCH3 is 1. The Morgan fingerprint density at radius 2 is 2.26 bits per heavy atom. The molecule has 19 heavy (non-hydrogen) atoms. The number of anilines is 1. The predicted molar refractivity (Wildman–Crippen MR) is 77.7 cm³/mol. The molecule has 5 heteroatoms. The molecule has 0 aliphatic rings. The van der Waals surface area contributed by atoms with Crippen LogP contribution in [0.1, 0.15) is 5.56 Å². The highest BCUT2D eigenvalue weighted by molar-refractivity contribution is 7.22. The third-order valence-electron chi connectivity index (χ3n) is 2.76. The molecule has 0 radical (unpaired) electrons. The molecule has 4 nitrogen and oxygen atoms in total. The van der Waals surface area contributed by atoms with Crippen molar-refractivity contribution in [2.24, 2.45) is 0 Å². The Hall–Kier alpha value is -2.14. The first-order valence-electron chi connectivity index (χ1n) is 5.92. The maximum atomic E-state index is 5.20. The summed E-state index contributed by atoms with van der Waals surface area (Å²) in [5, 5.41) is 4.22. The Kier molecular flexibility index (Phi) is 3.29. The summed E-state index contributed by atoms with van der Waals surface area (Å²) in [6, 6.07) is 9.89. The van der Waals surface area contributed by atoms with Crippen LogP contribution in [0.25, 0.3) is 10.2 Å². The van der Waals surface area contributed by atoms with Gasteiger partial charge in [0.15, 0.2) is 5.13 Å². The number of benzene rings is 1. The number of aromatic nitrogens is 2. The number of fused-ring (bicyclic) bond motifs is 1. The molecule has 96 valence electrons. The molecule has 0 unspecified atom stereocenters. The highest BCUT2D eigenvalue weighted by Crippen LogP contribution is 2.28. The number of rotatable bonds is 4. The Morgan fingerprint density at radius 3 is 3.05 bits per heavy atom. The summed E-state index contributed by atoms with van der Waals surface area (Å²) >= 11 is 1.64. The number of nitrogens with one attached hydrogen (secondary N) is 1. The van der Waals surface area contributed by atoms with E-state index in [2.05, 4.69) is 15.3 Å². The molecule has 0 fully saturated rings. The van der Waals surface area contributed by atoms with E-state index in [1.807, 2.05) is 36.5 Å². The van der Waals surface area contributed by atoms with E-state index in [9.17, 15) is 0 Å². The Labute approximate surface area is 115 Å². The highest BCUT2D eigenvalue weighted by Gasteiger charge is 2.04. The molecule has 0 aliphatic heterocycles. The lowest BCUT2D eigenvalue weighted by Crippen LogP contribution is -1.98. The van der Waals surface area contributed by atoms with Gasteiger partial charge in [0.1, 0.15) is 5.75 Å². The minimum Gasteiger partial charge on any atom is -0.497 e. The molecule has 0 amide bonds. The standard InChI is InChI=1S/C14H13N3OS/c1-18-11-4-5-13-12(7-11)17-14(19-13)16-9-10-3-2-6-15-8-10/h2-8H,9H2,1H3,(H,16,17). The fourth-order valence-corrected chi connectivity index (χ4v) is 2.63. The third kappa shape index (κ3) is 2.66. The van der Waals surface area contributed by atoms with Crippen molar-refractivity contribution < 1.29 is 4.74 Å². The van der Waals surface area contributed by atoms with Crippen molar-refractivity contribution in [3.8, 4) is 5.75 Å². The lowest BCUT2D eigenvalue weighted by molar-refractivity contribution is 0.415. The monoisotopic (exact) mass is 271 g/mol. The first-order valence-corrected chi connectivity index (χ1v) is 6.74. The maximum Gasteiger partial charge on any atom is 0.184 e. The molecule has 2 heterocycles. The summed E-state index contributed by atoms with van der Waals surface area (Å²) in [6.45, 7) is 0.727. The lowest BCUT2D eigenvalue weighted by atomic mass is 10.3. The molecule has 0 spiro atoms. The van der Waals surface area contributed by atoms with Crippen LogP contribution in [0.5, 0.6) is 5.75 Å². The summed E-state index contributed by atoms with van der Waals surface area (Å²) in [6.07, 6.45) is 3.62. The van der Waals surface area contributed by atoms with Crippen LogP contribution in [-0.2, 0) is 6.54 Å². The minimum atomic E-state index is 0.727. The van der Waals surface area contributed by atoms with Crippen molar-refractivity contribution in [3.63, 3.8) is 0 Å². The Morgan fingerprint density at radius 1 is 1.32 bits per heavy atom. The van der Waals surface area contributed by atoms with Gasteiger partial charge in [-0.1, -0.05) is 17.4 Å². The van der Waals surface area contributed by atoms with Crippen LogP contribution in [-0.4, -0.2) is 17.1 Å². The molecule has 2 aromatic heterocycles. The van der Waals surface area contributed by atoms with E-state index in [0.29, 0.717) is 0 Å². The number of hydrogen-bond acceptors (Lipinski definition) is 5. The van der Waals surface area contributed by atoms with E-state index in [0.717, 1.165) is 33.2 Å². The molecule has 0 aliphatic carbocycles. The third-order valence-corrected chi connectivity index (χ3v) is 3.76. The molecule has 0 bridgehead atoms. The quantitative estimate of drug-likeness (QED) is 0.790. The van der Waals surface area contributed by atoms with Crippen LogP contribution in [0, 0.1) is 0 Å². The largest absolute Gasteiger partial charge is 0.497 e. The van der Waals surface area contributed by atoms with Crippen molar-refractivity contribution >= 4 is 26.7 Å². The van der Waals surface area contributed by atoms with Crippen LogP contribution >= 0.6 is 11.3 Å². The fourth-order valence-electron chi connectivity index (χ4n) is 1.79. The van der Waals surface area contributed by atoms with E-state index in [1.54, 1.807) is 24.6 Å². The van der Waals surface area contributed by atoms with E-state index >= 15 is 0 Å². The van der Waals surface area contributed by atoms with Gasteiger partial charge >= 0.3 is 0 Å². The van der Waals surface area contributed by atoms with E-state index in [4.69, 9.17) is 4.74 Å². The summed E-state index contributed by atoms with van der Waals surface area (Å²) < 4.78 is 6.34. The van der Waals surface area contributed by atoms with Crippen molar-refractivity contribution in [1.82, 2.24) is 9.97 Å². The molecule has 1 aromatic carbocycles. The molecule has 1 N–H and O–H groups in total. The summed E-state index contributed by atoms with van der Waals surface area (Å²) in [4.78, 5) is 8.63. The normalized spacial score (nSPS) is 10.6. The second-order valence-corrected chi connectivity index (χ2v) is 5.10. The number of pyridine rings is 1.